The first-order chi connectivity index (χ1) is 11.6. The third kappa shape index (κ3) is 2.38. The number of benzene rings is 2. The number of nitro groups is 1. The van der Waals surface area contributed by atoms with Gasteiger partial charge in [-0.15, -0.1) is 0 Å². The van der Waals surface area contributed by atoms with Crippen molar-refractivity contribution in [2.24, 2.45) is 5.92 Å². The first-order valence-corrected chi connectivity index (χ1v) is 8.47. The van der Waals surface area contributed by atoms with Gasteiger partial charge in [0.2, 0.25) is 0 Å². The lowest BCUT2D eigenvalue weighted by Crippen LogP contribution is -2.29. The Morgan fingerprint density at radius 1 is 1.17 bits per heavy atom. The molecule has 4 nitrogen and oxygen atoms in total. The number of fused-ring (bicyclic) bond motifs is 3. The van der Waals surface area contributed by atoms with E-state index in [4.69, 9.17) is 23.2 Å². The number of nitro benzene ring substituents is 1. The van der Waals surface area contributed by atoms with Gasteiger partial charge in [-0.05, 0) is 36.1 Å². The molecule has 0 spiro atoms. The van der Waals surface area contributed by atoms with Crippen LogP contribution in [-0.2, 0) is 0 Å². The quantitative estimate of drug-likeness (QED) is 0.422. The average molecular weight is 361 g/mol. The third-order valence-corrected chi connectivity index (χ3v) is 5.53. The van der Waals surface area contributed by atoms with E-state index in [1.165, 1.54) is 6.07 Å². The van der Waals surface area contributed by atoms with Crippen LogP contribution >= 0.6 is 23.2 Å². The minimum atomic E-state index is -0.356. The average Bonchev–Trinajstić information content (AvgIpc) is 3.04. The molecule has 2 aromatic rings. The van der Waals surface area contributed by atoms with Crippen molar-refractivity contribution < 1.29 is 4.92 Å². The number of non-ortho nitro benzene ring substituents is 1. The van der Waals surface area contributed by atoms with Crippen LogP contribution < -0.4 is 5.32 Å². The third-order valence-electron chi connectivity index (χ3n) is 4.87. The summed E-state index contributed by atoms with van der Waals surface area (Å²) in [5.74, 6) is 0.357. The summed E-state index contributed by atoms with van der Waals surface area (Å²) in [6.07, 6.45) is 5.14. The van der Waals surface area contributed by atoms with Gasteiger partial charge in [-0.3, -0.25) is 10.1 Å². The maximum atomic E-state index is 11.1. The Hall–Kier alpha value is -2.04. The van der Waals surface area contributed by atoms with E-state index in [9.17, 15) is 10.1 Å². The minimum absolute atomic E-state index is 0.0276. The zero-order valence-electron chi connectivity index (χ0n) is 12.6. The summed E-state index contributed by atoms with van der Waals surface area (Å²) in [4.78, 5) is 10.7. The molecule has 0 unspecified atom stereocenters. The molecule has 1 N–H and O–H groups in total. The normalized spacial score (nSPS) is 24.2. The molecular weight excluding hydrogens is 347 g/mol. The second-order valence-electron chi connectivity index (χ2n) is 6.14. The predicted octanol–water partition coefficient (Wildman–Crippen LogP) is 5.73. The lowest BCUT2D eigenvalue weighted by molar-refractivity contribution is -0.384. The maximum absolute atomic E-state index is 11.1. The first kappa shape index (κ1) is 15.5. The fourth-order valence-electron chi connectivity index (χ4n) is 3.79. The highest BCUT2D eigenvalue weighted by Gasteiger charge is 2.40. The van der Waals surface area contributed by atoms with Crippen molar-refractivity contribution in [3.63, 3.8) is 0 Å². The summed E-state index contributed by atoms with van der Waals surface area (Å²) in [7, 11) is 0. The molecule has 0 amide bonds. The number of nitrogens with zero attached hydrogens (tertiary/aromatic N) is 1. The van der Waals surface area contributed by atoms with Crippen LogP contribution in [0, 0.1) is 16.0 Å². The highest BCUT2D eigenvalue weighted by Crippen LogP contribution is 2.52. The first-order valence-electron chi connectivity index (χ1n) is 7.71. The summed E-state index contributed by atoms with van der Waals surface area (Å²) in [5, 5.41) is 15.9. The van der Waals surface area contributed by atoms with E-state index < -0.39 is 0 Å². The van der Waals surface area contributed by atoms with Crippen molar-refractivity contribution in [3.05, 3.63) is 79.8 Å². The molecule has 2 aromatic carbocycles. The molecule has 0 saturated heterocycles. The fourth-order valence-corrected chi connectivity index (χ4v) is 4.42. The molecule has 0 radical (unpaired) electrons. The van der Waals surface area contributed by atoms with Gasteiger partial charge in [0.05, 0.1) is 11.0 Å². The van der Waals surface area contributed by atoms with Crippen LogP contribution in [0.5, 0.6) is 0 Å². The molecular formula is C18H14Cl2N2O2. The van der Waals surface area contributed by atoms with Gasteiger partial charge in [0.25, 0.3) is 5.69 Å². The van der Waals surface area contributed by atoms with Gasteiger partial charge in [-0.2, -0.15) is 0 Å². The van der Waals surface area contributed by atoms with Crippen LogP contribution in [0.1, 0.15) is 29.5 Å². The van der Waals surface area contributed by atoms with Crippen molar-refractivity contribution in [1.29, 1.82) is 0 Å². The van der Waals surface area contributed by atoms with E-state index in [1.807, 2.05) is 18.2 Å². The Labute approximate surface area is 149 Å². The Morgan fingerprint density at radius 2 is 1.92 bits per heavy atom. The van der Waals surface area contributed by atoms with Crippen molar-refractivity contribution in [1.82, 2.24) is 0 Å². The van der Waals surface area contributed by atoms with Gasteiger partial charge in [0.15, 0.2) is 0 Å². The largest absolute Gasteiger partial charge is 0.378 e. The second kappa shape index (κ2) is 5.80. The van der Waals surface area contributed by atoms with E-state index in [1.54, 1.807) is 12.1 Å². The van der Waals surface area contributed by atoms with Gasteiger partial charge in [0.1, 0.15) is 0 Å². The lowest BCUT2D eigenvalue weighted by Gasteiger charge is -2.38. The topological polar surface area (TPSA) is 55.2 Å². The second-order valence-corrected chi connectivity index (χ2v) is 6.95. The standard InChI is InChI=1S/C18H14Cl2N2O2/c19-14-5-2-6-15(20)17(14)18-12-4-1-3-11(12)13-9-10(22(23)24)7-8-16(13)21-18/h1-3,5-9,11-12,18,21H,4H2/t11-,12+,18-/m1/s1. The smallest absolute Gasteiger partial charge is 0.269 e. The van der Waals surface area contributed by atoms with Crippen LogP contribution in [0.4, 0.5) is 11.4 Å². The van der Waals surface area contributed by atoms with E-state index in [0.717, 1.165) is 23.2 Å². The molecule has 0 saturated carbocycles. The number of hydrogen-bond acceptors (Lipinski definition) is 3. The Bertz CT molecular complexity index is 846. The van der Waals surface area contributed by atoms with E-state index >= 15 is 0 Å². The van der Waals surface area contributed by atoms with Gasteiger partial charge in [0, 0.05) is 39.3 Å². The Kier molecular flexibility index (Phi) is 3.74. The zero-order chi connectivity index (χ0) is 16.8. The van der Waals surface area contributed by atoms with Crippen LogP contribution in [0.2, 0.25) is 10.0 Å². The van der Waals surface area contributed by atoms with Gasteiger partial charge in [-0.25, -0.2) is 0 Å². The molecule has 24 heavy (non-hydrogen) atoms. The summed E-state index contributed by atoms with van der Waals surface area (Å²) in [5.41, 5.74) is 2.86. The summed E-state index contributed by atoms with van der Waals surface area (Å²) < 4.78 is 0. The lowest BCUT2D eigenvalue weighted by atomic mass is 9.77. The molecule has 1 aliphatic heterocycles. The fraction of sp³-hybridized carbons (Fsp3) is 0.222. The number of allylic oxidation sites excluding steroid dienone is 2. The molecule has 1 heterocycles. The number of rotatable bonds is 2. The highest BCUT2D eigenvalue weighted by atomic mass is 35.5. The molecule has 6 heteroatoms. The minimum Gasteiger partial charge on any atom is -0.378 e. The van der Waals surface area contributed by atoms with E-state index in [-0.39, 0.29) is 28.5 Å². The van der Waals surface area contributed by atoms with Gasteiger partial charge >= 0.3 is 0 Å². The SMILES string of the molecule is O=[N+]([O-])c1ccc2c(c1)[C@@H]1C=CC[C@@H]1[C@H](c1c(Cl)cccc1Cl)N2. The van der Waals surface area contributed by atoms with Crippen LogP contribution in [0.3, 0.4) is 0 Å². The molecule has 4 rings (SSSR count). The van der Waals surface area contributed by atoms with E-state index in [2.05, 4.69) is 17.5 Å². The molecule has 1 aliphatic carbocycles. The summed E-state index contributed by atoms with van der Waals surface area (Å²) in [6.45, 7) is 0. The number of hydrogen-bond donors (Lipinski definition) is 1. The van der Waals surface area contributed by atoms with Crippen molar-refractivity contribution in [2.75, 3.05) is 5.32 Å². The van der Waals surface area contributed by atoms with Crippen LogP contribution in [0.15, 0.2) is 48.6 Å². The highest BCUT2D eigenvalue weighted by molar-refractivity contribution is 6.36. The van der Waals surface area contributed by atoms with E-state index in [0.29, 0.717) is 10.0 Å². The van der Waals surface area contributed by atoms with Crippen LogP contribution in [0.25, 0.3) is 0 Å². The summed E-state index contributed by atoms with van der Waals surface area (Å²) >= 11 is 12.8. The molecule has 0 bridgehead atoms. The van der Waals surface area contributed by atoms with Crippen molar-refractivity contribution in [3.8, 4) is 0 Å². The molecule has 122 valence electrons. The number of nitrogens with one attached hydrogen (secondary N) is 1. The molecule has 2 aliphatic rings. The van der Waals surface area contributed by atoms with Gasteiger partial charge < -0.3 is 5.32 Å². The number of anilines is 1. The monoisotopic (exact) mass is 360 g/mol. The van der Waals surface area contributed by atoms with Crippen LogP contribution in [-0.4, -0.2) is 4.92 Å². The Morgan fingerprint density at radius 3 is 2.62 bits per heavy atom. The predicted molar refractivity (Wildman–Crippen MR) is 95.9 cm³/mol. The molecule has 0 fully saturated rings. The van der Waals surface area contributed by atoms with Crippen molar-refractivity contribution in [2.45, 2.75) is 18.4 Å². The summed E-state index contributed by atoms with van der Waals surface area (Å²) in [6, 6.07) is 10.4. The molecule has 0 aromatic heterocycles. The van der Waals surface area contributed by atoms with Gasteiger partial charge in [-0.1, -0.05) is 41.4 Å². The maximum Gasteiger partial charge on any atom is 0.269 e. The van der Waals surface area contributed by atoms with Crippen molar-refractivity contribution >= 4 is 34.6 Å². The zero-order valence-corrected chi connectivity index (χ0v) is 14.1. The molecule has 3 atom stereocenters. The Balaban J connectivity index is 1.83. The number of halogens is 2.